The molecular weight excluding hydrogens is 530 g/mol. The number of thiazole rings is 1. The van der Waals surface area contributed by atoms with Crippen LogP contribution in [-0.2, 0) is 22.5 Å². The van der Waals surface area contributed by atoms with Gasteiger partial charge in [0.25, 0.3) is 0 Å². The number of thiophene rings is 1. The molecule has 39 heavy (non-hydrogen) atoms. The van der Waals surface area contributed by atoms with Crippen LogP contribution in [0.25, 0.3) is 10.2 Å². The van der Waals surface area contributed by atoms with E-state index in [-0.39, 0.29) is 5.91 Å². The average molecular weight is 570 g/mol. The number of amides is 2. The average Bonchev–Trinajstić information content (AvgIpc) is 3.67. The van der Waals surface area contributed by atoms with Gasteiger partial charge >= 0.3 is 6.09 Å². The number of carbonyl (C=O) groups is 2. The van der Waals surface area contributed by atoms with Crippen molar-refractivity contribution in [2.24, 2.45) is 0 Å². The second-order valence-electron chi connectivity index (χ2n) is 11.5. The number of benzene rings is 1. The van der Waals surface area contributed by atoms with Crippen LogP contribution < -0.4 is 15.5 Å². The van der Waals surface area contributed by atoms with E-state index in [0.29, 0.717) is 38.6 Å². The Morgan fingerprint density at radius 3 is 2.59 bits per heavy atom. The third kappa shape index (κ3) is 7.49. The van der Waals surface area contributed by atoms with Crippen LogP contribution in [0.15, 0.2) is 35.7 Å². The molecule has 1 unspecified atom stereocenters. The van der Waals surface area contributed by atoms with Crippen LogP contribution in [0.5, 0.6) is 0 Å². The van der Waals surface area contributed by atoms with Crippen molar-refractivity contribution in [3.8, 4) is 0 Å². The van der Waals surface area contributed by atoms with Crippen molar-refractivity contribution in [3.05, 3.63) is 46.2 Å². The van der Waals surface area contributed by atoms with Crippen LogP contribution in [0.3, 0.4) is 0 Å². The fourth-order valence-electron chi connectivity index (χ4n) is 5.21. The van der Waals surface area contributed by atoms with Crippen LogP contribution in [0.4, 0.5) is 9.93 Å². The summed E-state index contributed by atoms with van der Waals surface area (Å²) in [4.78, 5) is 36.1. The van der Waals surface area contributed by atoms with Crippen molar-refractivity contribution in [3.63, 3.8) is 0 Å². The fraction of sp³-hybridized carbons (Fsp3) is 0.552. The Morgan fingerprint density at radius 2 is 1.90 bits per heavy atom. The van der Waals surface area contributed by atoms with Gasteiger partial charge in [0.1, 0.15) is 11.6 Å². The van der Waals surface area contributed by atoms with Gasteiger partial charge in [0, 0.05) is 50.1 Å². The van der Waals surface area contributed by atoms with E-state index in [1.54, 1.807) is 22.7 Å². The molecule has 1 saturated heterocycles. The monoisotopic (exact) mass is 569 g/mol. The molecule has 1 saturated carbocycles. The van der Waals surface area contributed by atoms with Gasteiger partial charge in [0.2, 0.25) is 5.91 Å². The third-order valence-corrected chi connectivity index (χ3v) is 9.21. The minimum absolute atomic E-state index is 0.0717. The Morgan fingerprint density at radius 1 is 1.13 bits per heavy atom. The van der Waals surface area contributed by atoms with E-state index < -0.39 is 17.7 Å². The molecule has 0 radical (unpaired) electrons. The number of alkyl carbamates (subject to hydrolysis) is 1. The molecule has 1 aliphatic carbocycles. The molecule has 2 aliphatic rings. The van der Waals surface area contributed by atoms with E-state index in [9.17, 15) is 9.59 Å². The molecule has 0 spiro atoms. The highest BCUT2D eigenvalue weighted by Gasteiger charge is 2.31. The number of piperazine rings is 1. The van der Waals surface area contributed by atoms with Gasteiger partial charge in [0.15, 0.2) is 5.13 Å². The van der Waals surface area contributed by atoms with E-state index in [1.165, 1.54) is 35.9 Å². The highest BCUT2D eigenvalue weighted by Crippen LogP contribution is 2.30. The van der Waals surface area contributed by atoms with Crippen LogP contribution in [0, 0.1) is 0 Å². The standard InChI is InChI=1S/C29H39N5O3S2/c1-29(2,3)37-28(36)32-24(18-22-9-6-16-38-22)26(35)33-12-14-34(15-13-33)27-31-23-11-10-20(17-25(23)39-27)19-30-21-7-4-5-8-21/h6,9-11,16-17,21,24,30H,4-5,7-8,12-15,18-19H2,1-3H3,(H,32,36). The molecule has 5 rings (SSSR count). The summed E-state index contributed by atoms with van der Waals surface area (Å²) < 4.78 is 6.64. The summed E-state index contributed by atoms with van der Waals surface area (Å²) in [5, 5.41) is 9.51. The summed E-state index contributed by atoms with van der Waals surface area (Å²) in [6.45, 7) is 8.94. The maximum absolute atomic E-state index is 13.5. The second kappa shape index (κ2) is 12.2. The van der Waals surface area contributed by atoms with Gasteiger partial charge < -0.3 is 25.2 Å². The second-order valence-corrected chi connectivity index (χ2v) is 13.5. The first-order chi connectivity index (χ1) is 18.7. The van der Waals surface area contributed by atoms with Gasteiger partial charge in [-0.15, -0.1) is 11.3 Å². The van der Waals surface area contributed by atoms with Crippen molar-refractivity contribution >= 4 is 50.0 Å². The lowest BCUT2D eigenvalue weighted by molar-refractivity contribution is -0.133. The molecule has 2 amide bonds. The lowest BCUT2D eigenvalue weighted by Crippen LogP contribution is -2.56. The zero-order valence-corrected chi connectivity index (χ0v) is 24.7. The normalized spacial score (nSPS) is 17.5. The van der Waals surface area contributed by atoms with Crippen LogP contribution >= 0.6 is 22.7 Å². The highest BCUT2D eigenvalue weighted by molar-refractivity contribution is 7.22. The molecule has 2 N–H and O–H groups in total. The molecule has 1 aliphatic heterocycles. The molecule has 2 fully saturated rings. The first kappa shape index (κ1) is 27.9. The van der Waals surface area contributed by atoms with E-state index in [0.717, 1.165) is 22.1 Å². The predicted molar refractivity (Wildman–Crippen MR) is 159 cm³/mol. The number of anilines is 1. The maximum Gasteiger partial charge on any atom is 0.408 e. The van der Waals surface area contributed by atoms with Crippen LogP contribution in [0.2, 0.25) is 0 Å². The number of nitrogens with zero attached hydrogens (tertiary/aromatic N) is 3. The molecule has 3 heterocycles. The number of ether oxygens (including phenoxy) is 1. The SMILES string of the molecule is CC(C)(C)OC(=O)NC(Cc1cccs1)C(=O)N1CCN(c2nc3ccc(CNC4CCCC4)cc3s2)CC1. The van der Waals surface area contributed by atoms with E-state index in [1.807, 2.05) is 43.2 Å². The lowest BCUT2D eigenvalue weighted by Gasteiger charge is -2.36. The lowest BCUT2D eigenvalue weighted by atomic mass is 10.1. The molecule has 1 aromatic carbocycles. The topological polar surface area (TPSA) is 86.8 Å². The number of rotatable bonds is 8. The number of fused-ring (bicyclic) bond motifs is 1. The maximum atomic E-state index is 13.5. The van der Waals surface area contributed by atoms with Crippen molar-refractivity contribution in [1.82, 2.24) is 20.5 Å². The fourth-order valence-corrected chi connectivity index (χ4v) is 7.05. The van der Waals surface area contributed by atoms with Gasteiger partial charge in [-0.05, 0) is 62.8 Å². The molecule has 3 aromatic rings. The molecule has 0 bridgehead atoms. The summed E-state index contributed by atoms with van der Waals surface area (Å²) in [5.41, 5.74) is 1.70. The summed E-state index contributed by atoms with van der Waals surface area (Å²) in [5.74, 6) is -0.0717. The third-order valence-electron chi connectivity index (χ3n) is 7.23. The van der Waals surface area contributed by atoms with Gasteiger partial charge in [-0.3, -0.25) is 4.79 Å². The molecule has 1 atom stereocenters. The molecule has 10 heteroatoms. The van der Waals surface area contributed by atoms with E-state index in [4.69, 9.17) is 9.72 Å². The minimum atomic E-state index is -0.663. The molecular formula is C29H39N5O3S2. The minimum Gasteiger partial charge on any atom is -0.444 e. The van der Waals surface area contributed by atoms with Crippen molar-refractivity contribution in [2.45, 2.75) is 77.1 Å². The summed E-state index contributed by atoms with van der Waals surface area (Å²) in [7, 11) is 0. The van der Waals surface area contributed by atoms with E-state index in [2.05, 4.69) is 33.7 Å². The van der Waals surface area contributed by atoms with Gasteiger partial charge in [-0.2, -0.15) is 0 Å². The molecule has 210 valence electrons. The first-order valence-corrected chi connectivity index (χ1v) is 15.6. The van der Waals surface area contributed by atoms with E-state index >= 15 is 0 Å². The first-order valence-electron chi connectivity index (χ1n) is 13.9. The Labute approximate surface area is 238 Å². The quantitative estimate of drug-likeness (QED) is 0.389. The number of aromatic nitrogens is 1. The van der Waals surface area contributed by atoms with Gasteiger partial charge in [-0.25, -0.2) is 9.78 Å². The van der Waals surface area contributed by atoms with Gasteiger partial charge in [-0.1, -0.05) is 36.3 Å². The van der Waals surface area contributed by atoms with Crippen molar-refractivity contribution in [2.75, 3.05) is 31.1 Å². The zero-order chi connectivity index (χ0) is 27.4. The van der Waals surface area contributed by atoms with Gasteiger partial charge in [0.05, 0.1) is 10.2 Å². The zero-order valence-electron chi connectivity index (χ0n) is 23.1. The Bertz CT molecular complexity index is 1260. The summed E-state index contributed by atoms with van der Waals surface area (Å²) >= 11 is 3.30. The number of carbonyl (C=O) groups excluding carboxylic acids is 2. The Balaban J connectivity index is 1.19. The highest BCUT2D eigenvalue weighted by atomic mass is 32.1. The van der Waals surface area contributed by atoms with Crippen molar-refractivity contribution in [1.29, 1.82) is 0 Å². The van der Waals surface area contributed by atoms with Crippen LogP contribution in [-0.4, -0.2) is 65.7 Å². The Hall–Kier alpha value is -2.69. The number of hydrogen-bond donors (Lipinski definition) is 2. The summed E-state index contributed by atoms with van der Waals surface area (Å²) in [6, 6.07) is 10.5. The molecule has 8 nitrogen and oxygen atoms in total. The summed E-state index contributed by atoms with van der Waals surface area (Å²) in [6.07, 6.45) is 5.13. The molecule has 2 aromatic heterocycles. The number of nitrogens with one attached hydrogen (secondary N) is 2. The smallest absolute Gasteiger partial charge is 0.408 e. The number of hydrogen-bond acceptors (Lipinski definition) is 8. The van der Waals surface area contributed by atoms with Crippen LogP contribution in [0.1, 0.15) is 56.9 Å². The van der Waals surface area contributed by atoms with Crippen molar-refractivity contribution < 1.29 is 14.3 Å². The Kier molecular flexibility index (Phi) is 8.73. The predicted octanol–water partition coefficient (Wildman–Crippen LogP) is 5.17. The largest absolute Gasteiger partial charge is 0.444 e.